The Morgan fingerprint density at radius 2 is 1.80 bits per heavy atom. The summed E-state index contributed by atoms with van der Waals surface area (Å²) in [6, 6.07) is 5.96. The summed E-state index contributed by atoms with van der Waals surface area (Å²) in [5, 5.41) is 1.37. The zero-order valence-electron chi connectivity index (χ0n) is 12.3. The van der Waals surface area contributed by atoms with Gasteiger partial charge in [-0.3, -0.25) is 4.90 Å². The largest absolute Gasteiger partial charge is 0.329 e. The number of hydrogen-bond acceptors (Lipinski definition) is 2. The van der Waals surface area contributed by atoms with Crippen molar-refractivity contribution in [3.05, 3.63) is 33.8 Å². The van der Waals surface area contributed by atoms with Gasteiger partial charge in [-0.1, -0.05) is 37.0 Å². The summed E-state index contributed by atoms with van der Waals surface area (Å²) in [7, 11) is 0. The van der Waals surface area contributed by atoms with Crippen LogP contribution in [-0.2, 0) is 0 Å². The van der Waals surface area contributed by atoms with Gasteiger partial charge in [-0.15, -0.1) is 0 Å². The minimum atomic E-state index is 0.214. The average molecular weight is 315 g/mol. The van der Waals surface area contributed by atoms with Crippen LogP contribution in [0.4, 0.5) is 0 Å². The van der Waals surface area contributed by atoms with E-state index in [1.165, 1.54) is 19.3 Å². The van der Waals surface area contributed by atoms with E-state index >= 15 is 0 Å². The maximum absolute atomic E-state index is 6.12. The Morgan fingerprint density at radius 3 is 2.25 bits per heavy atom. The molecular formula is C16H24Cl2N2. The summed E-state index contributed by atoms with van der Waals surface area (Å²) in [4.78, 5) is 2.50. The van der Waals surface area contributed by atoms with Gasteiger partial charge < -0.3 is 5.73 Å². The summed E-state index contributed by atoms with van der Waals surface area (Å²) >= 11 is 12.2. The summed E-state index contributed by atoms with van der Waals surface area (Å²) < 4.78 is 0. The predicted octanol–water partition coefficient (Wildman–Crippen LogP) is 4.51. The second kappa shape index (κ2) is 6.65. The molecule has 2 N–H and O–H groups in total. The molecule has 112 valence electrons. The zero-order chi connectivity index (χ0) is 14.8. The highest BCUT2D eigenvalue weighted by molar-refractivity contribution is 6.34. The lowest BCUT2D eigenvalue weighted by atomic mass is 9.82. The quantitative estimate of drug-likeness (QED) is 0.866. The van der Waals surface area contributed by atoms with Crippen LogP contribution in [0.25, 0.3) is 0 Å². The van der Waals surface area contributed by atoms with Crippen molar-refractivity contribution in [1.82, 2.24) is 4.90 Å². The fourth-order valence-corrected chi connectivity index (χ4v) is 3.87. The Balaban J connectivity index is 2.21. The molecule has 0 saturated carbocycles. The smallest absolute Gasteiger partial charge is 0.0471 e. The van der Waals surface area contributed by atoms with Gasteiger partial charge in [0.15, 0.2) is 0 Å². The first-order valence-corrected chi connectivity index (χ1v) is 8.19. The predicted molar refractivity (Wildman–Crippen MR) is 87.5 cm³/mol. The lowest BCUT2D eigenvalue weighted by Gasteiger charge is -2.31. The third kappa shape index (κ3) is 3.30. The lowest BCUT2D eigenvalue weighted by molar-refractivity contribution is 0.197. The number of hydrogen-bond donors (Lipinski definition) is 1. The van der Waals surface area contributed by atoms with E-state index in [4.69, 9.17) is 28.9 Å². The molecule has 1 saturated heterocycles. The van der Waals surface area contributed by atoms with Crippen molar-refractivity contribution in [3.8, 4) is 0 Å². The first-order chi connectivity index (χ1) is 9.53. The van der Waals surface area contributed by atoms with Crippen LogP contribution >= 0.6 is 23.2 Å². The molecule has 20 heavy (non-hydrogen) atoms. The van der Waals surface area contributed by atoms with Crippen LogP contribution in [-0.4, -0.2) is 24.5 Å². The monoisotopic (exact) mass is 314 g/mol. The number of nitrogens with zero attached hydrogens (tertiary/aromatic N) is 1. The average Bonchev–Trinajstić information content (AvgIpc) is 2.83. The Kier molecular flexibility index (Phi) is 5.36. The van der Waals surface area contributed by atoms with Gasteiger partial charge in [0.25, 0.3) is 0 Å². The summed E-state index contributed by atoms with van der Waals surface area (Å²) in [5.74, 6) is 0. The van der Waals surface area contributed by atoms with Crippen LogP contribution in [0, 0.1) is 5.41 Å². The molecular weight excluding hydrogens is 291 g/mol. The summed E-state index contributed by atoms with van der Waals surface area (Å²) in [6.45, 7) is 7.40. The molecule has 0 aromatic heterocycles. The third-order valence-electron chi connectivity index (χ3n) is 4.90. The number of rotatable bonds is 5. The fourth-order valence-electron chi connectivity index (χ4n) is 3.33. The van der Waals surface area contributed by atoms with E-state index in [0.717, 1.165) is 18.7 Å². The Bertz CT molecular complexity index is 438. The van der Waals surface area contributed by atoms with E-state index in [1.807, 2.05) is 12.1 Å². The van der Waals surface area contributed by atoms with Crippen LogP contribution in [0.1, 0.15) is 44.7 Å². The van der Waals surface area contributed by atoms with E-state index in [1.54, 1.807) is 6.07 Å². The van der Waals surface area contributed by atoms with E-state index in [0.29, 0.717) is 22.0 Å². The normalized spacial score (nSPS) is 20.2. The van der Waals surface area contributed by atoms with Crippen molar-refractivity contribution in [1.29, 1.82) is 0 Å². The van der Waals surface area contributed by atoms with Gasteiger partial charge in [-0.25, -0.2) is 0 Å². The van der Waals surface area contributed by atoms with Crippen molar-refractivity contribution in [3.63, 3.8) is 0 Å². The van der Waals surface area contributed by atoms with Gasteiger partial charge in [0.2, 0.25) is 0 Å². The second-order valence-corrected chi connectivity index (χ2v) is 6.75. The van der Waals surface area contributed by atoms with Gasteiger partial charge in [-0.2, -0.15) is 0 Å². The molecule has 0 amide bonds. The van der Waals surface area contributed by atoms with Crippen molar-refractivity contribution in [2.24, 2.45) is 11.1 Å². The highest BCUT2D eigenvalue weighted by atomic mass is 35.5. The topological polar surface area (TPSA) is 29.3 Å². The molecule has 1 fully saturated rings. The van der Waals surface area contributed by atoms with Crippen molar-refractivity contribution < 1.29 is 0 Å². The van der Waals surface area contributed by atoms with E-state index in [-0.39, 0.29) is 6.04 Å². The maximum Gasteiger partial charge on any atom is 0.0471 e. The molecule has 1 atom stereocenters. The number of nitrogens with two attached hydrogens (primary N) is 1. The molecule has 1 heterocycles. The Hall–Kier alpha value is -0.280. The lowest BCUT2D eigenvalue weighted by Crippen LogP contribution is -2.34. The van der Waals surface area contributed by atoms with Gasteiger partial charge in [0.05, 0.1) is 0 Å². The highest BCUT2D eigenvalue weighted by Crippen LogP contribution is 2.40. The minimum absolute atomic E-state index is 0.214. The molecule has 1 aliphatic heterocycles. The first-order valence-electron chi connectivity index (χ1n) is 7.43. The second-order valence-electron chi connectivity index (χ2n) is 5.88. The zero-order valence-corrected chi connectivity index (χ0v) is 13.8. The Morgan fingerprint density at radius 1 is 1.20 bits per heavy atom. The van der Waals surface area contributed by atoms with E-state index in [2.05, 4.69) is 18.7 Å². The SMILES string of the molecule is CCC1(CC)CCN(C(CN)c2cc(Cl)cc(Cl)c2)C1. The van der Waals surface area contributed by atoms with Gasteiger partial charge >= 0.3 is 0 Å². The summed E-state index contributed by atoms with van der Waals surface area (Å²) in [5.41, 5.74) is 7.61. The molecule has 1 aliphatic rings. The van der Waals surface area contributed by atoms with Gasteiger partial charge in [0, 0.05) is 29.2 Å². The van der Waals surface area contributed by atoms with Crippen LogP contribution in [0.2, 0.25) is 10.0 Å². The molecule has 4 heteroatoms. The van der Waals surface area contributed by atoms with Crippen LogP contribution < -0.4 is 5.73 Å². The highest BCUT2D eigenvalue weighted by Gasteiger charge is 2.37. The molecule has 0 bridgehead atoms. The first kappa shape index (κ1) is 16.1. The molecule has 1 aromatic carbocycles. The van der Waals surface area contributed by atoms with Gasteiger partial charge in [-0.05, 0) is 55.0 Å². The van der Waals surface area contributed by atoms with E-state index < -0.39 is 0 Å². The molecule has 2 nitrogen and oxygen atoms in total. The van der Waals surface area contributed by atoms with E-state index in [9.17, 15) is 0 Å². The van der Waals surface area contributed by atoms with Crippen molar-refractivity contribution in [2.45, 2.75) is 39.2 Å². The van der Waals surface area contributed by atoms with Crippen molar-refractivity contribution in [2.75, 3.05) is 19.6 Å². The molecule has 1 aromatic rings. The van der Waals surface area contributed by atoms with Crippen molar-refractivity contribution >= 4 is 23.2 Å². The van der Waals surface area contributed by atoms with Crippen LogP contribution in [0.3, 0.4) is 0 Å². The number of likely N-dealkylation sites (tertiary alicyclic amines) is 1. The van der Waals surface area contributed by atoms with Crippen LogP contribution in [0.15, 0.2) is 18.2 Å². The number of benzene rings is 1. The van der Waals surface area contributed by atoms with Gasteiger partial charge in [0.1, 0.15) is 0 Å². The molecule has 0 aliphatic carbocycles. The number of halogens is 2. The standard InChI is InChI=1S/C16H24Cl2N2/c1-3-16(4-2)5-6-20(11-16)15(10-19)12-7-13(17)9-14(18)8-12/h7-9,15H,3-6,10-11,19H2,1-2H3. The molecule has 0 spiro atoms. The summed E-state index contributed by atoms with van der Waals surface area (Å²) in [6.07, 6.45) is 3.71. The minimum Gasteiger partial charge on any atom is -0.329 e. The molecule has 0 radical (unpaired) electrons. The van der Waals surface area contributed by atoms with Crippen LogP contribution in [0.5, 0.6) is 0 Å². The molecule has 2 rings (SSSR count). The fraction of sp³-hybridized carbons (Fsp3) is 0.625. The Labute approximate surface area is 132 Å². The maximum atomic E-state index is 6.12. The third-order valence-corrected chi connectivity index (χ3v) is 5.34. The molecule has 1 unspecified atom stereocenters.